The minimum absolute atomic E-state index is 0.203. The first-order valence-corrected chi connectivity index (χ1v) is 7.05. The molecule has 4 nitrogen and oxygen atoms in total. The van der Waals surface area contributed by atoms with Gasteiger partial charge in [0.05, 0.1) is 12.8 Å². The minimum Gasteiger partial charge on any atom is -0.465 e. The Morgan fingerprint density at radius 3 is 2.57 bits per heavy atom. The zero-order chi connectivity index (χ0) is 15.6. The van der Waals surface area contributed by atoms with Crippen LogP contribution in [0.4, 0.5) is 10.1 Å². The highest BCUT2D eigenvalue weighted by Crippen LogP contribution is 2.28. The van der Waals surface area contributed by atoms with Crippen molar-refractivity contribution >= 4 is 28.9 Å². The fourth-order valence-corrected chi connectivity index (χ4v) is 2.82. The number of ether oxygens (including phenoxy) is 1. The van der Waals surface area contributed by atoms with Gasteiger partial charge in [0, 0.05) is 5.56 Å². The van der Waals surface area contributed by atoms with E-state index in [9.17, 15) is 14.0 Å². The Bertz CT molecular complexity index is 689. The summed E-state index contributed by atoms with van der Waals surface area (Å²) >= 11 is 1.19. The molecule has 0 aliphatic carbocycles. The van der Waals surface area contributed by atoms with E-state index in [2.05, 4.69) is 10.1 Å². The fraction of sp³-hybridized carbons (Fsp3) is 0.200. The van der Waals surface area contributed by atoms with Crippen LogP contribution in [-0.2, 0) is 4.74 Å². The Labute approximate surface area is 125 Å². The number of nitrogens with one attached hydrogen (secondary N) is 1. The van der Waals surface area contributed by atoms with Gasteiger partial charge < -0.3 is 10.1 Å². The number of anilines is 1. The van der Waals surface area contributed by atoms with Gasteiger partial charge in [-0.25, -0.2) is 9.18 Å². The smallest absolute Gasteiger partial charge is 0.350 e. The molecule has 0 bridgehead atoms. The van der Waals surface area contributed by atoms with Crippen LogP contribution in [0.1, 0.15) is 31.2 Å². The number of hydrogen-bond acceptors (Lipinski definition) is 4. The maximum atomic E-state index is 13.4. The zero-order valence-corrected chi connectivity index (χ0v) is 12.6. The molecule has 21 heavy (non-hydrogen) atoms. The summed E-state index contributed by atoms with van der Waals surface area (Å²) in [5.41, 5.74) is 2.00. The summed E-state index contributed by atoms with van der Waals surface area (Å²) in [6, 6.07) is 4.08. The first kappa shape index (κ1) is 15.2. The highest BCUT2D eigenvalue weighted by Gasteiger charge is 2.19. The van der Waals surface area contributed by atoms with Crippen molar-refractivity contribution in [1.82, 2.24) is 0 Å². The third kappa shape index (κ3) is 3.28. The number of amides is 1. The van der Waals surface area contributed by atoms with Crippen molar-refractivity contribution < 1.29 is 18.7 Å². The van der Waals surface area contributed by atoms with E-state index in [-0.39, 0.29) is 5.56 Å². The van der Waals surface area contributed by atoms with Crippen LogP contribution in [-0.4, -0.2) is 19.0 Å². The quantitative estimate of drug-likeness (QED) is 0.882. The molecular weight excluding hydrogens is 293 g/mol. The van der Waals surface area contributed by atoms with Gasteiger partial charge in [-0.1, -0.05) is 0 Å². The summed E-state index contributed by atoms with van der Waals surface area (Å²) in [6.45, 7) is 3.48. The Morgan fingerprint density at radius 2 is 1.95 bits per heavy atom. The molecule has 0 spiro atoms. The largest absolute Gasteiger partial charge is 0.465 e. The van der Waals surface area contributed by atoms with Crippen molar-refractivity contribution in [2.45, 2.75) is 13.8 Å². The maximum Gasteiger partial charge on any atom is 0.350 e. The number of benzene rings is 1. The van der Waals surface area contributed by atoms with Crippen LogP contribution in [0, 0.1) is 19.7 Å². The van der Waals surface area contributed by atoms with E-state index in [0.29, 0.717) is 16.1 Å². The Kier molecular flexibility index (Phi) is 4.37. The van der Waals surface area contributed by atoms with Gasteiger partial charge in [0.1, 0.15) is 10.7 Å². The molecule has 1 heterocycles. The average molecular weight is 307 g/mol. The van der Waals surface area contributed by atoms with E-state index in [4.69, 9.17) is 0 Å². The van der Waals surface area contributed by atoms with Gasteiger partial charge in [0.25, 0.3) is 5.91 Å². The van der Waals surface area contributed by atoms with Crippen molar-refractivity contribution in [2.75, 3.05) is 12.4 Å². The van der Waals surface area contributed by atoms with Gasteiger partial charge in [-0.3, -0.25) is 4.79 Å². The van der Waals surface area contributed by atoms with E-state index in [1.807, 2.05) is 0 Å². The first-order chi connectivity index (χ1) is 9.92. The normalized spacial score (nSPS) is 10.3. The predicted octanol–water partition coefficient (Wildman–Crippen LogP) is 3.54. The highest BCUT2D eigenvalue weighted by atomic mass is 32.1. The van der Waals surface area contributed by atoms with E-state index in [0.717, 1.165) is 11.6 Å². The predicted molar refractivity (Wildman–Crippen MR) is 79.5 cm³/mol. The van der Waals surface area contributed by atoms with Crippen molar-refractivity contribution in [1.29, 1.82) is 0 Å². The number of carbonyl (C=O) groups is 2. The maximum absolute atomic E-state index is 13.4. The van der Waals surface area contributed by atoms with Gasteiger partial charge in [0.2, 0.25) is 0 Å². The van der Waals surface area contributed by atoms with Crippen LogP contribution < -0.4 is 5.32 Å². The van der Waals surface area contributed by atoms with Gasteiger partial charge in [0.15, 0.2) is 0 Å². The molecule has 1 amide bonds. The third-order valence-electron chi connectivity index (χ3n) is 2.89. The zero-order valence-electron chi connectivity index (χ0n) is 11.8. The molecule has 1 aromatic heterocycles. The summed E-state index contributed by atoms with van der Waals surface area (Å²) in [4.78, 5) is 24.2. The van der Waals surface area contributed by atoms with Crippen LogP contribution in [0.5, 0.6) is 0 Å². The second-order valence-corrected chi connectivity index (χ2v) is 5.47. The number of carbonyl (C=O) groups excluding carboxylic acids is 2. The molecule has 0 aliphatic rings. The van der Waals surface area contributed by atoms with Gasteiger partial charge in [-0.2, -0.15) is 0 Å². The number of rotatable bonds is 3. The summed E-state index contributed by atoms with van der Waals surface area (Å²) < 4.78 is 18.0. The Hall–Kier alpha value is -2.21. The number of methoxy groups -OCH3 is 1. The number of thiophene rings is 1. The lowest BCUT2D eigenvalue weighted by atomic mass is 10.1. The van der Waals surface area contributed by atoms with Crippen molar-refractivity contribution in [2.24, 2.45) is 0 Å². The van der Waals surface area contributed by atoms with Crippen LogP contribution in [0.3, 0.4) is 0 Å². The van der Waals surface area contributed by atoms with E-state index >= 15 is 0 Å². The third-order valence-corrected chi connectivity index (χ3v) is 3.97. The molecule has 110 valence electrons. The molecule has 1 aromatic carbocycles. The molecule has 2 rings (SSSR count). The van der Waals surface area contributed by atoms with Crippen molar-refractivity contribution in [3.8, 4) is 0 Å². The van der Waals surface area contributed by atoms with Crippen LogP contribution in [0.15, 0.2) is 23.6 Å². The van der Waals surface area contributed by atoms with Crippen molar-refractivity contribution in [3.05, 3.63) is 51.0 Å². The lowest BCUT2D eigenvalue weighted by Crippen LogP contribution is -2.15. The minimum atomic E-state index is -0.515. The summed E-state index contributed by atoms with van der Waals surface area (Å²) in [5.74, 6) is -1.46. The number of halogens is 1. The SMILES string of the molecule is COC(=O)c1scc(C)c1NC(=O)c1cc(C)cc(F)c1. The standard InChI is InChI=1S/C15H14FNO3S/c1-8-4-10(6-11(16)5-8)14(18)17-12-9(2)7-21-13(12)15(19)20-3/h4-7H,1-3H3,(H,17,18). The molecule has 0 fully saturated rings. The average Bonchev–Trinajstić information content (AvgIpc) is 2.78. The monoisotopic (exact) mass is 307 g/mol. The fourth-order valence-electron chi connectivity index (χ4n) is 1.90. The molecular formula is C15H14FNO3S. The molecule has 6 heteroatoms. The number of hydrogen-bond donors (Lipinski definition) is 1. The van der Waals surface area contributed by atoms with Gasteiger partial charge in [-0.05, 0) is 48.6 Å². The van der Waals surface area contributed by atoms with E-state index in [1.54, 1.807) is 25.3 Å². The van der Waals surface area contributed by atoms with Gasteiger partial charge in [-0.15, -0.1) is 11.3 Å². The van der Waals surface area contributed by atoms with Crippen LogP contribution in [0.25, 0.3) is 0 Å². The molecule has 0 radical (unpaired) electrons. The second kappa shape index (κ2) is 6.05. The van der Waals surface area contributed by atoms with Crippen LogP contribution in [0.2, 0.25) is 0 Å². The van der Waals surface area contributed by atoms with E-state index in [1.165, 1.54) is 24.5 Å². The van der Waals surface area contributed by atoms with Crippen molar-refractivity contribution in [3.63, 3.8) is 0 Å². The molecule has 1 N–H and O–H groups in total. The molecule has 0 aliphatic heterocycles. The Morgan fingerprint density at radius 1 is 1.24 bits per heavy atom. The topological polar surface area (TPSA) is 55.4 Å². The molecule has 0 saturated carbocycles. The molecule has 0 atom stereocenters. The molecule has 0 saturated heterocycles. The number of esters is 1. The summed E-state index contributed by atoms with van der Waals surface area (Å²) in [6.07, 6.45) is 0. The second-order valence-electron chi connectivity index (χ2n) is 4.59. The lowest BCUT2D eigenvalue weighted by Gasteiger charge is -2.08. The van der Waals surface area contributed by atoms with Gasteiger partial charge >= 0.3 is 5.97 Å². The summed E-state index contributed by atoms with van der Waals surface area (Å²) in [5, 5.41) is 4.40. The lowest BCUT2D eigenvalue weighted by molar-refractivity contribution is 0.0607. The Balaban J connectivity index is 2.31. The van der Waals surface area contributed by atoms with E-state index < -0.39 is 17.7 Å². The number of aryl methyl sites for hydroxylation is 2. The molecule has 2 aromatic rings. The highest BCUT2D eigenvalue weighted by molar-refractivity contribution is 7.12. The van der Waals surface area contributed by atoms with Crippen LogP contribution >= 0.6 is 11.3 Å². The first-order valence-electron chi connectivity index (χ1n) is 6.17. The molecule has 0 unspecified atom stereocenters. The summed E-state index contributed by atoms with van der Waals surface area (Å²) in [7, 11) is 1.28.